The van der Waals surface area contributed by atoms with Crippen molar-refractivity contribution in [2.75, 3.05) is 11.9 Å². The van der Waals surface area contributed by atoms with Gasteiger partial charge in [0.25, 0.3) is 0 Å². The number of esters is 1. The first-order valence-corrected chi connectivity index (χ1v) is 8.55. The molecule has 0 radical (unpaired) electrons. The van der Waals surface area contributed by atoms with Gasteiger partial charge in [0.15, 0.2) is 12.4 Å². The van der Waals surface area contributed by atoms with Crippen molar-refractivity contribution < 1.29 is 19.1 Å². The lowest BCUT2D eigenvalue weighted by molar-refractivity contribution is -0.141. The lowest BCUT2D eigenvalue weighted by atomic mass is 10.1. The van der Waals surface area contributed by atoms with Gasteiger partial charge < -0.3 is 10.1 Å². The summed E-state index contributed by atoms with van der Waals surface area (Å²) in [7, 11) is 0. The molecule has 0 heterocycles. The predicted molar refractivity (Wildman–Crippen MR) is 104 cm³/mol. The third-order valence-corrected chi connectivity index (χ3v) is 4.05. The zero-order valence-electron chi connectivity index (χ0n) is 14.9. The van der Waals surface area contributed by atoms with Crippen LogP contribution in [0.15, 0.2) is 66.7 Å². The average molecular weight is 361 g/mol. The molecule has 1 amide bonds. The summed E-state index contributed by atoms with van der Waals surface area (Å²) < 4.78 is 5.11. The van der Waals surface area contributed by atoms with E-state index in [0.29, 0.717) is 11.3 Å². The molecule has 0 bridgehead atoms. The van der Waals surface area contributed by atoms with E-state index in [1.54, 1.807) is 24.3 Å². The van der Waals surface area contributed by atoms with Crippen LogP contribution in [0.25, 0.3) is 10.8 Å². The highest BCUT2D eigenvalue weighted by Crippen LogP contribution is 2.16. The predicted octanol–water partition coefficient (Wildman–Crippen LogP) is 3.77. The standard InChI is InChI=1S/C22H19NO4/c1-15(24)23-20-10-8-18(9-11-20)21(25)14-27-22(26)13-16-6-7-17-4-2-3-5-19(17)12-16/h2-12H,13-14H2,1H3,(H,23,24). The van der Waals surface area contributed by atoms with E-state index in [4.69, 9.17) is 4.74 Å². The molecule has 5 heteroatoms. The van der Waals surface area contributed by atoms with E-state index in [9.17, 15) is 14.4 Å². The Kier molecular flexibility index (Phi) is 5.61. The highest BCUT2D eigenvalue weighted by atomic mass is 16.5. The van der Waals surface area contributed by atoms with Crippen molar-refractivity contribution in [3.63, 3.8) is 0 Å². The van der Waals surface area contributed by atoms with Crippen LogP contribution >= 0.6 is 0 Å². The van der Waals surface area contributed by atoms with Crippen LogP contribution < -0.4 is 5.32 Å². The summed E-state index contributed by atoms with van der Waals surface area (Å²) in [6, 6.07) is 20.1. The minimum absolute atomic E-state index is 0.111. The lowest BCUT2D eigenvalue weighted by Crippen LogP contribution is -2.15. The minimum atomic E-state index is -0.450. The maximum absolute atomic E-state index is 12.1. The molecule has 3 aromatic carbocycles. The third kappa shape index (κ3) is 5.01. The smallest absolute Gasteiger partial charge is 0.310 e. The van der Waals surface area contributed by atoms with Crippen molar-refractivity contribution in [1.29, 1.82) is 0 Å². The second-order valence-electron chi connectivity index (χ2n) is 6.20. The maximum Gasteiger partial charge on any atom is 0.310 e. The Bertz CT molecular complexity index is 993. The Morgan fingerprint density at radius 2 is 1.59 bits per heavy atom. The van der Waals surface area contributed by atoms with E-state index < -0.39 is 5.97 Å². The van der Waals surface area contributed by atoms with Gasteiger partial charge in [-0.1, -0.05) is 42.5 Å². The van der Waals surface area contributed by atoms with E-state index in [-0.39, 0.29) is 24.7 Å². The first-order valence-electron chi connectivity index (χ1n) is 8.55. The molecule has 0 saturated heterocycles. The van der Waals surface area contributed by atoms with E-state index in [0.717, 1.165) is 16.3 Å². The van der Waals surface area contributed by atoms with Crippen LogP contribution in [0.2, 0.25) is 0 Å². The van der Waals surface area contributed by atoms with E-state index in [2.05, 4.69) is 5.32 Å². The molecule has 0 aliphatic heterocycles. The summed E-state index contributed by atoms with van der Waals surface area (Å²) in [4.78, 5) is 35.2. The first kappa shape index (κ1) is 18.3. The number of carbonyl (C=O) groups is 3. The van der Waals surface area contributed by atoms with Gasteiger partial charge in [-0.2, -0.15) is 0 Å². The molecule has 3 aromatic rings. The molecule has 0 atom stereocenters. The number of hydrogen-bond donors (Lipinski definition) is 1. The molecular formula is C22H19NO4. The quantitative estimate of drug-likeness (QED) is 0.536. The number of amides is 1. The van der Waals surface area contributed by atoms with Gasteiger partial charge in [0, 0.05) is 18.2 Å². The topological polar surface area (TPSA) is 72.5 Å². The van der Waals surface area contributed by atoms with Gasteiger partial charge in [0.2, 0.25) is 5.91 Å². The number of fused-ring (bicyclic) bond motifs is 1. The molecule has 1 N–H and O–H groups in total. The molecule has 5 nitrogen and oxygen atoms in total. The van der Waals surface area contributed by atoms with Crippen molar-refractivity contribution in [3.05, 3.63) is 77.9 Å². The summed E-state index contributed by atoms with van der Waals surface area (Å²) in [5.41, 5.74) is 1.86. The lowest BCUT2D eigenvalue weighted by Gasteiger charge is -2.07. The second kappa shape index (κ2) is 8.27. The summed E-state index contributed by atoms with van der Waals surface area (Å²) in [6.45, 7) is 1.10. The fourth-order valence-corrected chi connectivity index (χ4v) is 2.74. The number of anilines is 1. The molecular weight excluding hydrogens is 342 g/mol. The van der Waals surface area contributed by atoms with Crippen molar-refractivity contribution >= 4 is 34.1 Å². The van der Waals surface area contributed by atoms with Crippen LogP contribution in [0.4, 0.5) is 5.69 Å². The fraction of sp³-hybridized carbons (Fsp3) is 0.136. The van der Waals surface area contributed by atoms with Crippen molar-refractivity contribution in [2.45, 2.75) is 13.3 Å². The van der Waals surface area contributed by atoms with Crippen LogP contribution in [-0.2, 0) is 20.7 Å². The maximum atomic E-state index is 12.1. The van der Waals surface area contributed by atoms with Crippen LogP contribution in [0.3, 0.4) is 0 Å². The zero-order valence-corrected chi connectivity index (χ0v) is 14.9. The highest BCUT2D eigenvalue weighted by Gasteiger charge is 2.11. The zero-order chi connectivity index (χ0) is 19.2. The third-order valence-electron chi connectivity index (χ3n) is 4.05. The van der Waals surface area contributed by atoms with Gasteiger partial charge in [-0.05, 0) is 40.6 Å². The van der Waals surface area contributed by atoms with Gasteiger partial charge in [-0.25, -0.2) is 0 Å². The number of ether oxygens (including phenoxy) is 1. The number of rotatable bonds is 6. The normalized spacial score (nSPS) is 10.4. The van der Waals surface area contributed by atoms with E-state index >= 15 is 0 Å². The Balaban J connectivity index is 1.54. The number of Topliss-reactive ketones (excluding diaryl/α,β-unsaturated/α-hetero) is 1. The molecule has 0 saturated carbocycles. The summed E-state index contributed by atoms with van der Waals surface area (Å²) in [6.07, 6.45) is 0.111. The number of ketones is 1. The van der Waals surface area contributed by atoms with Gasteiger partial charge in [0.1, 0.15) is 0 Å². The summed E-state index contributed by atoms with van der Waals surface area (Å²) in [5, 5.41) is 4.78. The molecule has 0 fully saturated rings. The number of hydrogen-bond acceptors (Lipinski definition) is 4. The van der Waals surface area contributed by atoms with Crippen LogP contribution in [-0.4, -0.2) is 24.3 Å². The Hall–Kier alpha value is -3.47. The van der Waals surface area contributed by atoms with Crippen LogP contribution in [0.5, 0.6) is 0 Å². The second-order valence-corrected chi connectivity index (χ2v) is 6.20. The molecule has 27 heavy (non-hydrogen) atoms. The van der Waals surface area contributed by atoms with Gasteiger partial charge >= 0.3 is 5.97 Å². The SMILES string of the molecule is CC(=O)Nc1ccc(C(=O)COC(=O)Cc2ccc3ccccc3c2)cc1. The molecule has 136 valence electrons. The highest BCUT2D eigenvalue weighted by molar-refractivity contribution is 5.98. The first-order chi connectivity index (χ1) is 13.0. The Labute approximate surface area is 157 Å². The Morgan fingerprint density at radius 1 is 0.889 bits per heavy atom. The number of benzene rings is 3. The minimum Gasteiger partial charge on any atom is -0.457 e. The number of nitrogens with one attached hydrogen (secondary N) is 1. The van der Waals surface area contributed by atoms with E-state index in [1.807, 2.05) is 42.5 Å². The van der Waals surface area contributed by atoms with Crippen LogP contribution in [0.1, 0.15) is 22.8 Å². The number of carbonyl (C=O) groups excluding carboxylic acids is 3. The van der Waals surface area contributed by atoms with Gasteiger partial charge in [-0.3, -0.25) is 14.4 Å². The Morgan fingerprint density at radius 3 is 2.30 bits per heavy atom. The monoisotopic (exact) mass is 361 g/mol. The summed E-state index contributed by atoms with van der Waals surface area (Å²) in [5.74, 6) is -0.929. The van der Waals surface area contributed by atoms with Gasteiger partial charge in [0.05, 0.1) is 6.42 Å². The molecule has 3 rings (SSSR count). The van der Waals surface area contributed by atoms with Crippen LogP contribution in [0, 0.1) is 0 Å². The van der Waals surface area contributed by atoms with Crippen molar-refractivity contribution in [2.24, 2.45) is 0 Å². The summed E-state index contributed by atoms with van der Waals surface area (Å²) >= 11 is 0. The van der Waals surface area contributed by atoms with Crippen molar-refractivity contribution in [1.82, 2.24) is 0 Å². The molecule has 0 aromatic heterocycles. The largest absolute Gasteiger partial charge is 0.457 e. The molecule has 0 unspecified atom stereocenters. The fourth-order valence-electron chi connectivity index (χ4n) is 2.74. The van der Waals surface area contributed by atoms with Gasteiger partial charge in [-0.15, -0.1) is 0 Å². The molecule has 0 spiro atoms. The van der Waals surface area contributed by atoms with E-state index in [1.165, 1.54) is 6.92 Å². The molecule has 0 aliphatic rings. The van der Waals surface area contributed by atoms with Crippen molar-refractivity contribution in [3.8, 4) is 0 Å². The average Bonchev–Trinajstić information content (AvgIpc) is 2.66. The molecule has 0 aliphatic carbocycles.